The summed E-state index contributed by atoms with van der Waals surface area (Å²) in [7, 11) is 0. The first-order valence-electron chi connectivity index (χ1n) is 16.8. The Hall–Kier alpha value is -4.49. The lowest BCUT2D eigenvalue weighted by molar-refractivity contribution is -0.136. The summed E-state index contributed by atoms with van der Waals surface area (Å²) in [4.78, 5) is 16.8. The molecule has 0 radical (unpaired) electrons. The summed E-state index contributed by atoms with van der Waals surface area (Å²) in [5.74, 6) is 0.447. The van der Waals surface area contributed by atoms with Crippen molar-refractivity contribution in [2.45, 2.75) is 91.6 Å². The molecular weight excluding hydrogens is 586 g/mol. The molecule has 0 amide bonds. The van der Waals surface area contributed by atoms with E-state index in [4.69, 9.17) is 19.9 Å². The van der Waals surface area contributed by atoms with E-state index in [1.807, 2.05) is 43.5 Å². The molecule has 1 unspecified atom stereocenters. The molecule has 7 heteroatoms. The Labute approximate surface area is 278 Å². The smallest absolute Gasteiger partial charge is 0.307 e. The summed E-state index contributed by atoms with van der Waals surface area (Å²) < 4.78 is 7.90. The van der Waals surface area contributed by atoms with Crippen LogP contribution >= 0.6 is 0 Å². The number of aliphatic hydroxyl groups is 1. The highest BCUT2D eigenvalue weighted by atomic mass is 16.5. The second-order valence-electron chi connectivity index (χ2n) is 13.1. The van der Waals surface area contributed by atoms with E-state index in [1.54, 1.807) is 20.8 Å². The van der Waals surface area contributed by atoms with Crippen molar-refractivity contribution in [3.63, 3.8) is 0 Å². The van der Waals surface area contributed by atoms with Crippen LogP contribution in [0, 0.1) is 6.92 Å². The quantitative estimate of drug-likeness (QED) is 0.201. The number of nitrogens with zero attached hydrogens (tertiary/aromatic N) is 3. The van der Waals surface area contributed by atoms with E-state index >= 15 is 0 Å². The van der Waals surface area contributed by atoms with Gasteiger partial charge in [0.05, 0.1) is 30.0 Å². The minimum atomic E-state index is -0.887. The van der Waals surface area contributed by atoms with Crippen molar-refractivity contribution in [2.75, 3.05) is 6.61 Å². The van der Waals surface area contributed by atoms with Gasteiger partial charge >= 0.3 is 5.97 Å². The van der Waals surface area contributed by atoms with E-state index < -0.39 is 11.6 Å². The van der Waals surface area contributed by atoms with Crippen LogP contribution in [-0.4, -0.2) is 43.0 Å². The summed E-state index contributed by atoms with van der Waals surface area (Å²) in [6.45, 7) is 11.8. The van der Waals surface area contributed by atoms with Gasteiger partial charge in [-0.1, -0.05) is 62.7 Å². The molecule has 246 valence electrons. The van der Waals surface area contributed by atoms with Crippen LogP contribution < -0.4 is 4.74 Å². The molecule has 7 nitrogen and oxygen atoms in total. The molecule has 7 rings (SSSR count). The summed E-state index contributed by atoms with van der Waals surface area (Å²) >= 11 is 0. The number of fused-ring (bicyclic) bond motifs is 8. The van der Waals surface area contributed by atoms with E-state index in [9.17, 15) is 9.90 Å². The van der Waals surface area contributed by atoms with Gasteiger partial charge in [0.25, 0.3) is 0 Å². The summed E-state index contributed by atoms with van der Waals surface area (Å²) in [5, 5.41) is 23.4. The van der Waals surface area contributed by atoms with Crippen molar-refractivity contribution in [3.05, 3.63) is 95.2 Å². The van der Waals surface area contributed by atoms with Gasteiger partial charge in [0.1, 0.15) is 5.75 Å². The van der Waals surface area contributed by atoms with Gasteiger partial charge in [-0.3, -0.25) is 4.79 Å². The maximum atomic E-state index is 12.0. The van der Waals surface area contributed by atoms with E-state index in [2.05, 4.69) is 54.6 Å². The van der Waals surface area contributed by atoms with Crippen molar-refractivity contribution in [1.29, 1.82) is 0 Å². The monoisotopic (exact) mass is 633 g/mol. The van der Waals surface area contributed by atoms with Gasteiger partial charge in [-0.25, -0.2) is 9.50 Å². The van der Waals surface area contributed by atoms with Gasteiger partial charge in [-0.15, -0.1) is 0 Å². The predicted octanol–water partition coefficient (Wildman–Crippen LogP) is 9.06. The number of aromatic nitrogens is 3. The molecule has 3 aromatic carbocycles. The molecule has 0 saturated carbocycles. The maximum absolute atomic E-state index is 12.0. The molecule has 5 aromatic rings. The average Bonchev–Trinajstić information content (AvgIpc) is 3.46. The van der Waals surface area contributed by atoms with Crippen LogP contribution in [0.2, 0.25) is 0 Å². The first kappa shape index (κ1) is 33.9. The highest BCUT2D eigenvalue weighted by Crippen LogP contribution is 2.41. The topological polar surface area (TPSA) is 97.0 Å². The zero-order chi connectivity index (χ0) is 33.7. The van der Waals surface area contributed by atoms with Gasteiger partial charge in [0, 0.05) is 28.5 Å². The first-order chi connectivity index (χ1) is 22.5. The number of ether oxygens (including phenoxy) is 1. The predicted molar refractivity (Wildman–Crippen MR) is 189 cm³/mol. The largest absolute Gasteiger partial charge is 0.493 e. The van der Waals surface area contributed by atoms with Gasteiger partial charge in [-0.05, 0) is 106 Å². The minimum absolute atomic E-state index is 0.122. The Balaban J connectivity index is 0.000000569. The highest BCUT2D eigenvalue weighted by Gasteiger charge is 2.25. The maximum Gasteiger partial charge on any atom is 0.307 e. The van der Waals surface area contributed by atoms with Gasteiger partial charge in [0.2, 0.25) is 0 Å². The van der Waals surface area contributed by atoms with Crippen molar-refractivity contribution in [1.82, 2.24) is 14.6 Å². The molecule has 0 aliphatic carbocycles. The molecule has 47 heavy (non-hydrogen) atoms. The van der Waals surface area contributed by atoms with Crippen LogP contribution in [-0.2, 0) is 17.6 Å². The number of aryl methyl sites for hydroxylation is 2. The van der Waals surface area contributed by atoms with Crippen LogP contribution in [0.25, 0.3) is 39.3 Å². The molecule has 2 aliphatic rings. The minimum Gasteiger partial charge on any atom is -0.493 e. The lowest BCUT2D eigenvalue weighted by Gasteiger charge is -2.27. The first-order valence-corrected chi connectivity index (χ1v) is 16.8. The van der Waals surface area contributed by atoms with E-state index in [0.717, 1.165) is 67.0 Å². The summed E-state index contributed by atoms with van der Waals surface area (Å²) in [5.41, 5.74) is 10.1. The molecule has 0 fully saturated rings. The third-order valence-electron chi connectivity index (χ3n) is 8.42. The SMILES string of the molecule is CC.CC(C)(C)O.Cc1nc2cc3nn2c(c1CC(=O)O)-c1ccc2c(c1)C(CCCCc1ccccc1-c1cccc-3c1)CCO2. The molecule has 1 atom stereocenters. The van der Waals surface area contributed by atoms with E-state index in [1.165, 1.54) is 22.3 Å². The van der Waals surface area contributed by atoms with Gasteiger partial charge < -0.3 is 14.9 Å². The van der Waals surface area contributed by atoms with Crippen molar-refractivity contribution in [3.8, 4) is 39.4 Å². The van der Waals surface area contributed by atoms with Crippen LogP contribution in [0.4, 0.5) is 0 Å². The van der Waals surface area contributed by atoms with Crippen LogP contribution in [0.5, 0.6) is 5.75 Å². The average molecular weight is 634 g/mol. The Bertz CT molecular complexity index is 1860. The number of hydrogen-bond donors (Lipinski definition) is 2. The second kappa shape index (κ2) is 14.5. The number of aliphatic carboxylic acids is 1. The number of carboxylic acids is 1. The molecule has 2 N–H and O–H groups in total. The second-order valence-corrected chi connectivity index (χ2v) is 13.1. The van der Waals surface area contributed by atoms with Crippen molar-refractivity contribution >= 4 is 11.6 Å². The Morgan fingerprint density at radius 2 is 1.68 bits per heavy atom. The fourth-order valence-electron chi connectivity index (χ4n) is 6.44. The fourth-order valence-corrected chi connectivity index (χ4v) is 6.44. The third-order valence-corrected chi connectivity index (χ3v) is 8.42. The standard InChI is InChI=1S/C34H31N3O3.C4H10O.C2H6/c1-21-28(19-33(38)39)34-26-13-14-31-29(18-26)23(15-16-40-31)9-3-2-7-22-8-4-5-12-27(22)24-10-6-11-25(17-24)30-20-32(35-21)37(34)36-30;1-4(2,3)5;1-2/h4-6,8,10-14,17-18,20,23H,2-3,7,9,15-16,19H2,1H3,(H,38,39);5H,1-3H3;1-2H3. The van der Waals surface area contributed by atoms with Crippen molar-refractivity contribution in [2.24, 2.45) is 0 Å². The Morgan fingerprint density at radius 3 is 2.45 bits per heavy atom. The zero-order valence-electron chi connectivity index (χ0n) is 28.5. The molecule has 0 spiro atoms. The lowest BCUT2D eigenvalue weighted by Crippen LogP contribution is -2.15. The van der Waals surface area contributed by atoms with Crippen LogP contribution in [0.1, 0.15) is 88.6 Å². The number of rotatable bonds is 2. The Kier molecular flexibility index (Phi) is 10.5. The number of carbonyl (C=O) groups is 1. The summed E-state index contributed by atoms with van der Waals surface area (Å²) in [6, 6.07) is 25.5. The fraction of sp³-hybridized carbons (Fsp3) is 0.375. The van der Waals surface area contributed by atoms with Crippen LogP contribution in [0.3, 0.4) is 0 Å². The number of benzene rings is 3. The molecule has 0 saturated heterocycles. The molecule has 4 heterocycles. The normalized spacial score (nSPS) is 15.3. The Morgan fingerprint density at radius 1 is 0.936 bits per heavy atom. The van der Waals surface area contributed by atoms with Crippen molar-refractivity contribution < 1.29 is 19.7 Å². The van der Waals surface area contributed by atoms with E-state index in [0.29, 0.717) is 22.8 Å². The third kappa shape index (κ3) is 7.91. The highest BCUT2D eigenvalue weighted by molar-refractivity contribution is 5.79. The molecular formula is C40H47N3O4. The number of carboxylic acid groups (broad SMARTS) is 1. The summed E-state index contributed by atoms with van der Waals surface area (Å²) in [6.07, 6.45) is 5.25. The van der Waals surface area contributed by atoms with Gasteiger partial charge in [0.15, 0.2) is 5.65 Å². The lowest BCUT2D eigenvalue weighted by atomic mass is 9.86. The van der Waals surface area contributed by atoms with Gasteiger partial charge in [-0.2, -0.15) is 5.10 Å². The molecule has 2 aliphatic heterocycles. The molecule has 2 aromatic heterocycles. The molecule has 6 bridgehead atoms. The van der Waals surface area contributed by atoms with E-state index in [-0.39, 0.29) is 6.42 Å². The van der Waals surface area contributed by atoms with Crippen LogP contribution in [0.15, 0.2) is 72.8 Å². The zero-order valence-corrected chi connectivity index (χ0v) is 28.5. The number of hydrogen-bond acceptors (Lipinski definition) is 5.